The van der Waals surface area contributed by atoms with Crippen molar-refractivity contribution in [2.75, 3.05) is 6.61 Å². The Morgan fingerprint density at radius 1 is 0.971 bits per heavy atom. The molecule has 178 valence electrons. The van der Waals surface area contributed by atoms with E-state index < -0.39 is 28.8 Å². The first kappa shape index (κ1) is 23.4. The van der Waals surface area contributed by atoms with Crippen LogP contribution in [0, 0.1) is 5.82 Å². The van der Waals surface area contributed by atoms with E-state index in [9.17, 15) is 27.2 Å². The highest BCUT2D eigenvalue weighted by Gasteiger charge is 2.30. The van der Waals surface area contributed by atoms with Crippen LogP contribution in [0.4, 0.5) is 17.6 Å². The molecule has 34 heavy (non-hydrogen) atoms. The van der Waals surface area contributed by atoms with E-state index in [1.165, 1.54) is 52.6 Å². The van der Waals surface area contributed by atoms with Crippen LogP contribution in [0.2, 0.25) is 0 Å². The van der Waals surface area contributed by atoms with Crippen LogP contribution in [0.1, 0.15) is 17.5 Å². The summed E-state index contributed by atoms with van der Waals surface area (Å²) < 4.78 is 56.2. The molecule has 0 fully saturated rings. The Bertz CT molecular complexity index is 1450. The van der Waals surface area contributed by atoms with Crippen LogP contribution >= 0.6 is 0 Å². The van der Waals surface area contributed by atoms with Crippen LogP contribution in [-0.4, -0.2) is 30.4 Å². The number of halogens is 4. The third-order valence-corrected chi connectivity index (χ3v) is 5.50. The molecule has 2 aromatic heterocycles. The van der Waals surface area contributed by atoms with Crippen molar-refractivity contribution in [1.82, 2.24) is 18.7 Å². The maximum Gasteiger partial charge on any atom is 0.416 e. The van der Waals surface area contributed by atoms with Crippen LogP contribution in [-0.2, 0) is 26.3 Å². The first-order valence-electron chi connectivity index (χ1n) is 10.3. The number of alkyl halides is 3. The first-order valence-corrected chi connectivity index (χ1v) is 10.3. The number of aromatic nitrogens is 4. The quantitative estimate of drug-likeness (QED) is 0.434. The van der Waals surface area contributed by atoms with E-state index in [1.54, 1.807) is 0 Å². The predicted molar refractivity (Wildman–Crippen MR) is 117 cm³/mol. The van der Waals surface area contributed by atoms with Crippen molar-refractivity contribution in [3.05, 3.63) is 86.3 Å². The second-order valence-electron chi connectivity index (χ2n) is 7.77. The molecule has 0 aliphatic heterocycles. The molecule has 0 bridgehead atoms. The molecule has 0 aliphatic carbocycles. The minimum absolute atomic E-state index is 0.0186. The number of hydrogen-bond acceptors (Lipinski definition) is 4. The molecule has 0 amide bonds. The van der Waals surface area contributed by atoms with Crippen LogP contribution in [0.3, 0.4) is 0 Å². The van der Waals surface area contributed by atoms with Gasteiger partial charge in [-0.15, -0.1) is 0 Å². The summed E-state index contributed by atoms with van der Waals surface area (Å²) in [6.45, 7) is -0.185. The molecule has 0 unspecified atom stereocenters. The van der Waals surface area contributed by atoms with E-state index in [4.69, 9.17) is 5.11 Å². The van der Waals surface area contributed by atoms with Gasteiger partial charge in [0.05, 0.1) is 5.56 Å². The molecule has 0 aliphatic rings. The summed E-state index contributed by atoms with van der Waals surface area (Å²) >= 11 is 0. The third-order valence-electron chi connectivity index (χ3n) is 5.50. The maximum absolute atomic E-state index is 13.4. The summed E-state index contributed by atoms with van der Waals surface area (Å²) in [6, 6.07) is 9.85. The molecule has 2 heterocycles. The summed E-state index contributed by atoms with van der Waals surface area (Å²) in [5.74, 6) is -0.268. The monoisotopic (exact) mass is 476 g/mol. The molecular weight excluding hydrogens is 456 g/mol. The lowest BCUT2D eigenvalue weighted by atomic mass is 10.1. The van der Waals surface area contributed by atoms with Gasteiger partial charge < -0.3 is 9.67 Å². The zero-order valence-corrected chi connectivity index (χ0v) is 18.0. The number of aryl methyl sites for hydroxylation is 1. The van der Waals surface area contributed by atoms with E-state index in [-0.39, 0.29) is 43.1 Å². The van der Waals surface area contributed by atoms with Crippen molar-refractivity contribution in [3.63, 3.8) is 0 Å². The Kier molecular flexibility index (Phi) is 6.13. The van der Waals surface area contributed by atoms with Crippen molar-refractivity contribution >= 4 is 11.2 Å². The Labute approximate surface area is 190 Å². The van der Waals surface area contributed by atoms with Gasteiger partial charge >= 0.3 is 11.9 Å². The van der Waals surface area contributed by atoms with E-state index >= 15 is 0 Å². The second kappa shape index (κ2) is 8.90. The zero-order chi connectivity index (χ0) is 24.6. The molecule has 0 spiro atoms. The summed E-state index contributed by atoms with van der Waals surface area (Å²) in [5.41, 5.74) is -1.05. The molecule has 4 aromatic rings. The Hall–Kier alpha value is -3.73. The Morgan fingerprint density at radius 3 is 2.21 bits per heavy atom. The smallest absolute Gasteiger partial charge is 0.396 e. The molecule has 1 N–H and O–H groups in total. The Morgan fingerprint density at radius 2 is 1.62 bits per heavy atom. The standard InChI is InChI=1S/C23H20F4N4O3/c1-29-20-18(21(33)30(22(29)34)11-2-12-32)31(13-14-3-9-17(24)10-4-14)19(28-20)15-5-7-16(8-6-15)23(25,26)27/h3-10,32H,2,11-13H2,1H3. The van der Waals surface area contributed by atoms with Gasteiger partial charge in [0.2, 0.25) is 0 Å². The van der Waals surface area contributed by atoms with Gasteiger partial charge in [-0.25, -0.2) is 14.2 Å². The average Bonchev–Trinajstić information content (AvgIpc) is 3.18. The highest BCUT2D eigenvalue weighted by molar-refractivity contribution is 5.77. The number of nitrogens with zero attached hydrogens (tertiary/aromatic N) is 4. The number of hydrogen-bond donors (Lipinski definition) is 1. The highest BCUT2D eigenvalue weighted by atomic mass is 19.4. The van der Waals surface area contributed by atoms with Gasteiger partial charge in [0.1, 0.15) is 11.6 Å². The van der Waals surface area contributed by atoms with E-state index in [1.807, 2.05) is 0 Å². The minimum atomic E-state index is -4.52. The number of benzene rings is 2. The molecule has 0 radical (unpaired) electrons. The molecule has 7 nitrogen and oxygen atoms in total. The maximum atomic E-state index is 13.4. The number of aliphatic hydroxyl groups is 1. The predicted octanol–water partition coefficient (Wildman–Crippen LogP) is 3.15. The Balaban J connectivity index is 1.98. The lowest BCUT2D eigenvalue weighted by Gasteiger charge is -2.12. The number of aliphatic hydroxyl groups excluding tert-OH is 1. The van der Waals surface area contributed by atoms with Crippen molar-refractivity contribution in [3.8, 4) is 11.4 Å². The number of rotatable bonds is 6. The fourth-order valence-corrected chi connectivity index (χ4v) is 3.75. The SMILES string of the molecule is Cn1c(=O)n(CCCO)c(=O)c2c1nc(-c1ccc(C(F)(F)F)cc1)n2Cc1ccc(F)cc1. The summed E-state index contributed by atoms with van der Waals surface area (Å²) in [7, 11) is 1.44. The molecule has 11 heteroatoms. The van der Waals surface area contributed by atoms with Crippen LogP contribution in [0.25, 0.3) is 22.6 Å². The highest BCUT2D eigenvalue weighted by Crippen LogP contribution is 2.31. The lowest BCUT2D eigenvalue weighted by Crippen LogP contribution is -2.39. The second-order valence-corrected chi connectivity index (χ2v) is 7.77. The van der Waals surface area contributed by atoms with Crippen LogP contribution in [0.15, 0.2) is 58.1 Å². The topological polar surface area (TPSA) is 82.0 Å². The zero-order valence-electron chi connectivity index (χ0n) is 18.0. The summed E-state index contributed by atoms with van der Waals surface area (Å²) in [6.07, 6.45) is -4.34. The van der Waals surface area contributed by atoms with Crippen molar-refractivity contribution < 1.29 is 22.7 Å². The first-order chi connectivity index (χ1) is 16.1. The van der Waals surface area contributed by atoms with Gasteiger partial charge in [0.15, 0.2) is 11.2 Å². The van der Waals surface area contributed by atoms with Crippen molar-refractivity contribution in [2.45, 2.75) is 25.7 Å². The molecule has 0 saturated carbocycles. The van der Waals surface area contributed by atoms with Crippen LogP contribution < -0.4 is 11.2 Å². The van der Waals surface area contributed by atoms with E-state index in [2.05, 4.69) is 4.98 Å². The summed E-state index contributed by atoms with van der Waals surface area (Å²) in [5, 5.41) is 9.14. The van der Waals surface area contributed by atoms with Crippen molar-refractivity contribution in [2.24, 2.45) is 7.05 Å². The largest absolute Gasteiger partial charge is 0.416 e. The van der Waals surface area contributed by atoms with Gasteiger partial charge in [-0.2, -0.15) is 13.2 Å². The molecular formula is C23H20F4N4O3. The fourth-order valence-electron chi connectivity index (χ4n) is 3.75. The summed E-state index contributed by atoms with van der Waals surface area (Å²) in [4.78, 5) is 30.5. The van der Waals surface area contributed by atoms with Gasteiger partial charge in [0.25, 0.3) is 5.56 Å². The fraction of sp³-hybridized carbons (Fsp3) is 0.261. The van der Waals surface area contributed by atoms with Gasteiger partial charge in [-0.1, -0.05) is 24.3 Å². The van der Waals surface area contributed by atoms with E-state index in [0.717, 1.165) is 16.7 Å². The molecule has 4 rings (SSSR count). The third kappa shape index (κ3) is 4.26. The van der Waals surface area contributed by atoms with Gasteiger partial charge in [0, 0.05) is 32.3 Å². The minimum Gasteiger partial charge on any atom is -0.396 e. The molecule has 2 aromatic carbocycles. The van der Waals surface area contributed by atoms with Gasteiger partial charge in [-0.3, -0.25) is 13.9 Å². The molecule has 0 saturated heterocycles. The van der Waals surface area contributed by atoms with E-state index in [0.29, 0.717) is 11.1 Å². The normalized spacial score (nSPS) is 11.9. The van der Waals surface area contributed by atoms with Crippen LogP contribution in [0.5, 0.6) is 0 Å². The van der Waals surface area contributed by atoms with Crippen molar-refractivity contribution in [1.29, 1.82) is 0 Å². The number of fused-ring (bicyclic) bond motifs is 1. The number of imidazole rings is 1. The lowest BCUT2D eigenvalue weighted by molar-refractivity contribution is -0.137. The molecule has 0 atom stereocenters. The average molecular weight is 476 g/mol. The van der Waals surface area contributed by atoms with Gasteiger partial charge in [-0.05, 0) is 36.2 Å².